The van der Waals surface area contributed by atoms with Crippen LogP contribution in [0.4, 0.5) is 0 Å². The van der Waals surface area contributed by atoms with Crippen LogP contribution in [-0.2, 0) is 19.6 Å². The number of carboxylic acid groups (broad SMARTS) is 1. The lowest BCUT2D eigenvalue weighted by atomic mass is 9.70. The largest absolute Gasteiger partial charge is 0.480 e. The number of hydrogen-bond donors (Lipinski definition) is 2. The summed E-state index contributed by atoms with van der Waals surface area (Å²) in [5.41, 5.74) is -1.20. The van der Waals surface area contributed by atoms with Gasteiger partial charge < -0.3 is 5.11 Å². The molecule has 0 aromatic carbocycles. The number of nitrogens with one attached hydrogen (secondary N) is 1. The number of sulfonamides is 1. The summed E-state index contributed by atoms with van der Waals surface area (Å²) in [6.07, 6.45) is 1.88. The molecule has 7 heteroatoms. The highest BCUT2D eigenvalue weighted by molar-refractivity contribution is 7.89. The van der Waals surface area contributed by atoms with Gasteiger partial charge in [0, 0.05) is 11.8 Å². The van der Waals surface area contributed by atoms with Gasteiger partial charge in [-0.3, -0.25) is 9.59 Å². The quantitative estimate of drug-likeness (QED) is 0.781. The molecule has 2 aliphatic rings. The normalized spacial score (nSPS) is 33.4. The molecule has 0 amide bonds. The number of ketones is 1. The zero-order valence-electron chi connectivity index (χ0n) is 12.0. The number of fused-ring (bicyclic) bond motifs is 2. The van der Waals surface area contributed by atoms with Gasteiger partial charge in [-0.15, -0.1) is 0 Å². The Labute approximate surface area is 119 Å². The summed E-state index contributed by atoms with van der Waals surface area (Å²) >= 11 is 0. The van der Waals surface area contributed by atoms with Gasteiger partial charge in [-0.05, 0) is 31.1 Å². The van der Waals surface area contributed by atoms with E-state index in [9.17, 15) is 18.0 Å². The van der Waals surface area contributed by atoms with Gasteiger partial charge in [-0.1, -0.05) is 13.8 Å². The van der Waals surface area contributed by atoms with Crippen LogP contribution in [-0.4, -0.2) is 37.1 Å². The van der Waals surface area contributed by atoms with Gasteiger partial charge in [-0.2, -0.15) is 0 Å². The lowest BCUT2D eigenvalue weighted by molar-refractivity contribution is -0.138. The molecule has 2 bridgehead atoms. The van der Waals surface area contributed by atoms with Gasteiger partial charge in [0.05, 0.1) is 5.75 Å². The molecule has 0 aliphatic heterocycles. The third kappa shape index (κ3) is 2.16. The third-order valence-electron chi connectivity index (χ3n) is 5.30. The SMILES string of the molecule is CC(NS(=O)(=O)CC12CCC(CC1=O)C2(C)C)C(=O)O. The smallest absolute Gasteiger partial charge is 0.321 e. The maximum Gasteiger partial charge on any atom is 0.321 e. The van der Waals surface area contributed by atoms with Crippen molar-refractivity contribution in [3.05, 3.63) is 0 Å². The maximum absolute atomic E-state index is 12.3. The first-order valence-corrected chi connectivity index (χ1v) is 8.43. The molecule has 2 fully saturated rings. The Balaban J connectivity index is 2.24. The predicted octanol–water partition coefficient (Wildman–Crippen LogP) is 0.774. The number of carbonyl (C=O) groups is 2. The third-order valence-corrected chi connectivity index (χ3v) is 6.89. The topological polar surface area (TPSA) is 101 Å². The van der Waals surface area contributed by atoms with Gasteiger partial charge >= 0.3 is 5.97 Å². The Kier molecular flexibility index (Phi) is 3.49. The van der Waals surface area contributed by atoms with Crippen molar-refractivity contribution < 1.29 is 23.1 Å². The van der Waals surface area contributed by atoms with Crippen LogP contribution in [0.5, 0.6) is 0 Å². The molecule has 0 aromatic heterocycles. The van der Waals surface area contributed by atoms with Gasteiger partial charge in [0.1, 0.15) is 11.8 Å². The highest BCUT2D eigenvalue weighted by Crippen LogP contribution is 2.64. The Bertz CT molecular complexity index is 553. The van der Waals surface area contributed by atoms with Gasteiger partial charge in [0.15, 0.2) is 0 Å². The molecule has 20 heavy (non-hydrogen) atoms. The maximum atomic E-state index is 12.3. The van der Waals surface area contributed by atoms with Crippen molar-refractivity contribution in [3.63, 3.8) is 0 Å². The average Bonchev–Trinajstić information content (AvgIpc) is 2.61. The van der Waals surface area contributed by atoms with E-state index in [0.29, 0.717) is 12.8 Å². The Morgan fingerprint density at radius 3 is 2.50 bits per heavy atom. The summed E-state index contributed by atoms with van der Waals surface area (Å²) in [5, 5.41) is 8.80. The molecule has 0 heterocycles. The lowest BCUT2D eigenvalue weighted by Gasteiger charge is -2.36. The second-order valence-corrected chi connectivity index (χ2v) is 8.36. The average molecular weight is 303 g/mol. The molecule has 3 atom stereocenters. The van der Waals surface area contributed by atoms with Crippen LogP contribution in [0.2, 0.25) is 0 Å². The minimum atomic E-state index is -3.81. The van der Waals surface area contributed by atoms with E-state index < -0.39 is 27.4 Å². The zero-order valence-corrected chi connectivity index (χ0v) is 12.8. The second kappa shape index (κ2) is 4.53. The lowest BCUT2D eigenvalue weighted by Crippen LogP contribution is -2.48. The number of Topliss-reactive ketones (excluding diaryl/α,β-unsaturated/α-hetero) is 1. The number of aliphatic carboxylic acids is 1. The Morgan fingerprint density at radius 1 is 1.50 bits per heavy atom. The first kappa shape index (κ1) is 15.4. The van der Waals surface area contributed by atoms with Crippen LogP contribution in [0.25, 0.3) is 0 Å². The Hall–Kier alpha value is -0.950. The monoisotopic (exact) mass is 303 g/mol. The summed E-state index contributed by atoms with van der Waals surface area (Å²) in [6.45, 7) is 5.17. The highest BCUT2D eigenvalue weighted by Gasteiger charge is 2.65. The van der Waals surface area contributed by atoms with Crippen LogP contribution in [0.15, 0.2) is 0 Å². The molecular formula is C13H21NO5S. The van der Waals surface area contributed by atoms with Crippen LogP contribution < -0.4 is 4.72 Å². The first-order chi connectivity index (χ1) is 9.02. The van der Waals surface area contributed by atoms with Crippen molar-refractivity contribution in [3.8, 4) is 0 Å². The van der Waals surface area contributed by atoms with E-state index in [0.717, 1.165) is 6.42 Å². The van der Waals surface area contributed by atoms with E-state index in [-0.39, 0.29) is 22.9 Å². The fourth-order valence-corrected chi connectivity index (χ4v) is 5.84. The fraction of sp³-hybridized carbons (Fsp3) is 0.846. The number of rotatable bonds is 5. The molecule has 0 saturated heterocycles. The number of hydrogen-bond acceptors (Lipinski definition) is 4. The van der Waals surface area contributed by atoms with Crippen LogP contribution in [0, 0.1) is 16.7 Å². The van der Waals surface area contributed by atoms with E-state index in [1.807, 2.05) is 13.8 Å². The molecule has 2 saturated carbocycles. The number of carbonyl (C=O) groups excluding carboxylic acids is 1. The van der Waals surface area contributed by atoms with Gasteiger partial charge in [0.25, 0.3) is 0 Å². The molecular weight excluding hydrogens is 282 g/mol. The minimum absolute atomic E-state index is 0.00658. The van der Waals surface area contributed by atoms with E-state index in [2.05, 4.69) is 4.72 Å². The molecule has 2 rings (SSSR count). The summed E-state index contributed by atoms with van der Waals surface area (Å²) in [6, 6.07) is -1.19. The fourth-order valence-electron chi connectivity index (χ4n) is 3.79. The molecule has 3 unspecified atom stereocenters. The van der Waals surface area contributed by atoms with E-state index in [4.69, 9.17) is 5.11 Å². The summed E-state index contributed by atoms with van der Waals surface area (Å²) in [7, 11) is -3.81. The van der Waals surface area contributed by atoms with Crippen molar-refractivity contribution in [2.45, 2.75) is 46.1 Å². The van der Waals surface area contributed by atoms with Crippen molar-refractivity contribution in [2.24, 2.45) is 16.7 Å². The second-order valence-electron chi connectivity index (χ2n) is 6.60. The zero-order chi connectivity index (χ0) is 15.3. The van der Waals surface area contributed by atoms with E-state index in [1.54, 1.807) is 0 Å². The molecule has 0 spiro atoms. The molecule has 2 N–H and O–H groups in total. The first-order valence-electron chi connectivity index (χ1n) is 6.78. The molecule has 6 nitrogen and oxygen atoms in total. The highest BCUT2D eigenvalue weighted by atomic mass is 32.2. The van der Waals surface area contributed by atoms with Crippen molar-refractivity contribution in [2.75, 3.05) is 5.75 Å². The predicted molar refractivity (Wildman–Crippen MR) is 72.6 cm³/mol. The van der Waals surface area contributed by atoms with Crippen LogP contribution in [0.1, 0.15) is 40.0 Å². The standard InChI is InChI=1S/C13H21NO5S/c1-8(11(16)17)14-20(18,19)7-13-5-4-9(6-10(13)15)12(13,2)3/h8-9,14H,4-7H2,1-3H3,(H,16,17). The van der Waals surface area contributed by atoms with Gasteiger partial charge in [-0.25, -0.2) is 13.1 Å². The molecule has 0 aromatic rings. The van der Waals surface area contributed by atoms with Crippen molar-refractivity contribution in [1.82, 2.24) is 4.72 Å². The molecule has 2 aliphatic carbocycles. The Morgan fingerprint density at radius 2 is 2.10 bits per heavy atom. The van der Waals surface area contributed by atoms with Gasteiger partial charge in [0.2, 0.25) is 10.0 Å². The number of carboxylic acids is 1. The molecule has 114 valence electrons. The van der Waals surface area contributed by atoms with E-state index >= 15 is 0 Å². The summed E-state index contributed by atoms with van der Waals surface area (Å²) in [5.74, 6) is -1.29. The molecule has 0 radical (unpaired) electrons. The minimum Gasteiger partial charge on any atom is -0.480 e. The van der Waals surface area contributed by atoms with Crippen LogP contribution in [0.3, 0.4) is 0 Å². The summed E-state index contributed by atoms with van der Waals surface area (Å²) in [4.78, 5) is 23.0. The summed E-state index contributed by atoms with van der Waals surface area (Å²) < 4.78 is 26.5. The van der Waals surface area contributed by atoms with Crippen molar-refractivity contribution in [1.29, 1.82) is 0 Å². The van der Waals surface area contributed by atoms with Crippen molar-refractivity contribution >= 4 is 21.8 Å². The van der Waals surface area contributed by atoms with E-state index in [1.165, 1.54) is 6.92 Å². The van der Waals surface area contributed by atoms with Crippen LogP contribution >= 0.6 is 0 Å².